The zero-order valence-corrected chi connectivity index (χ0v) is 13.7. The molecule has 0 saturated carbocycles. The van der Waals surface area contributed by atoms with Gasteiger partial charge in [-0.15, -0.1) is 0 Å². The molecule has 0 saturated heterocycles. The van der Waals surface area contributed by atoms with E-state index in [1.807, 2.05) is 36.4 Å². The Labute approximate surface area is 140 Å². The number of hydrogen-bond donors (Lipinski definition) is 2. The standard InChI is InChI=1S/C18H19ClN2O2/c1-2-13-5-9-16(10-6-13)21-18(23)11-17(22)20-12-14-3-7-15(19)8-4-14/h3-10H,2,11-12H2,1H3,(H,20,22)(H,21,23). The van der Waals surface area contributed by atoms with Gasteiger partial charge in [-0.25, -0.2) is 0 Å². The van der Waals surface area contributed by atoms with Crippen LogP contribution in [0, 0.1) is 0 Å². The van der Waals surface area contributed by atoms with E-state index in [0.717, 1.165) is 12.0 Å². The van der Waals surface area contributed by atoms with Crippen LogP contribution in [0.25, 0.3) is 0 Å². The first-order chi connectivity index (χ1) is 11.1. The zero-order valence-electron chi connectivity index (χ0n) is 12.9. The van der Waals surface area contributed by atoms with Crippen LogP contribution in [-0.4, -0.2) is 11.8 Å². The van der Waals surface area contributed by atoms with Crippen LogP contribution in [0.5, 0.6) is 0 Å². The molecule has 4 nitrogen and oxygen atoms in total. The fourth-order valence-electron chi connectivity index (χ4n) is 2.04. The number of carbonyl (C=O) groups excluding carboxylic acids is 2. The zero-order chi connectivity index (χ0) is 16.7. The van der Waals surface area contributed by atoms with Gasteiger partial charge in [-0.05, 0) is 41.8 Å². The van der Waals surface area contributed by atoms with Gasteiger partial charge in [0, 0.05) is 17.3 Å². The van der Waals surface area contributed by atoms with Crippen LogP contribution in [0.2, 0.25) is 5.02 Å². The molecule has 0 aromatic heterocycles. The van der Waals surface area contributed by atoms with E-state index < -0.39 is 0 Å². The van der Waals surface area contributed by atoms with Crippen LogP contribution in [0.4, 0.5) is 5.69 Å². The lowest BCUT2D eigenvalue weighted by Gasteiger charge is -2.07. The number of amides is 2. The van der Waals surface area contributed by atoms with Crippen molar-refractivity contribution in [3.8, 4) is 0 Å². The minimum atomic E-state index is -0.331. The molecular weight excluding hydrogens is 312 g/mol. The summed E-state index contributed by atoms with van der Waals surface area (Å²) in [5.74, 6) is -0.648. The van der Waals surface area contributed by atoms with Crippen molar-refractivity contribution in [3.05, 3.63) is 64.7 Å². The largest absolute Gasteiger partial charge is 0.352 e. The second-order valence-corrected chi connectivity index (χ2v) is 5.62. The maximum absolute atomic E-state index is 11.8. The van der Waals surface area contributed by atoms with E-state index in [2.05, 4.69) is 17.6 Å². The van der Waals surface area contributed by atoms with Gasteiger partial charge in [-0.2, -0.15) is 0 Å². The van der Waals surface area contributed by atoms with E-state index in [1.165, 1.54) is 5.56 Å². The average molecular weight is 331 g/mol. The van der Waals surface area contributed by atoms with Gasteiger partial charge in [0.1, 0.15) is 6.42 Å². The Morgan fingerprint density at radius 2 is 1.52 bits per heavy atom. The van der Waals surface area contributed by atoms with Crippen molar-refractivity contribution in [3.63, 3.8) is 0 Å². The molecule has 2 rings (SSSR count). The highest BCUT2D eigenvalue weighted by Crippen LogP contribution is 2.11. The molecule has 0 spiro atoms. The number of carbonyl (C=O) groups is 2. The first kappa shape index (κ1) is 17.0. The molecule has 0 bridgehead atoms. The predicted octanol–water partition coefficient (Wildman–Crippen LogP) is 3.55. The molecule has 0 aliphatic rings. The maximum atomic E-state index is 11.8. The van der Waals surface area contributed by atoms with E-state index in [0.29, 0.717) is 17.3 Å². The first-order valence-corrected chi connectivity index (χ1v) is 7.84. The van der Waals surface area contributed by atoms with E-state index in [1.54, 1.807) is 12.1 Å². The van der Waals surface area contributed by atoms with Crippen molar-refractivity contribution in [1.82, 2.24) is 5.32 Å². The topological polar surface area (TPSA) is 58.2 Å². The fourth-order valence-corrected chi connectivity index (χ4v) is 2.17. The molecule has 0 fully saturated rings. The van der Waals surface area contributed by atoms with Crippen LogP contribution in [0.15, 0.2) is 48.5 Å². The second-order valence-electron chi connectivity index (χ2n) is 5.18. The summed E-state index contributed by atoms with van der Waals surface area (Å²) in [6.45, 7) is 2.44. The molecule has 0 unspecified atom stereocenters. The summed E-state index contributed by atoms with van der Waals surface area (Å²) in [6.07, 6.45) is 0.741. The SMILES string of the molecule is CCc1ccc(NC(=O)CC(=O)NCc2ccc(Cl)cc2)cc1. The Kier molecular flexibility index (Phi) is 6.18. The van der Waals surface area contributed by atoms with Crippen molar-refractivity contribution in [1.29, 1.82) is 0 Å². The Morgan fingerprint density at radius 3 is 2.13 bits per heavy atom. The Balaban J connectivity index is 1.77. The molecule has 0 aliphatic heterocycles. The molecule has 120 valence electrons. The molecule has 2 amide bonds. The average Bonchev–Trinajstić information content (AvgIpc) is 2.55. The number of hydrogen-bond acceptors (Lipinski definition) is 2. The highest BCUT2D eigenvalue weighted by molar-refractivity contribution is 6.30. The quantitative estimate of drug-likeness (QED) is 0.796. The van der Waals surface area contributed by atoms with Gasteiger partial charge in [0.15, 0.2) is 0 Å². The number of rotatable bonds is 6. The van der Waals surface area contributed by atoms with Gasteiger partial charge < -0.3 is 10.6 Å². The van der Waals surface area contributed by atoms with Gasteiger partial charge in [0.2, 0.25) is 11.8 Å². The predicted molar refractivity (Wildman–Crippen MR) is 92.4 cm³/mol. The summed E-state index contributed by atoms with van der Waals surface area (Å²) in [6, 6.07) is 14.8. The molecule has 0 aliphatic carbocycles. The maximum Gasteiger partial charge on any atom is 0.233 e. The first-order valence-electron chi connectivity index (χ1n) is 7.46. The summed E-state index contributed by atoms with van der Waals surface area (Å²) < 4.78 is 0. The molecule has 2 aromatic carbocycles. The third kappa shape index (κ3) is 5.75. The molecule has 2 aromatic rings. The van der Waals surface area contributed by atoms with E-state index in [4.69, 9.17) is 11.6 Å². The second kappa shape index (κ2) is 8.34. The molecular formula is C18H19ClN2O2. The van der Waals surface area contributed by atoms with Gasteiger partial charge in [0.25, 0.3) is 0 Å². The minimum Gasteiger partial charge on any atom is -0.352 e. The number of halogens is 1. The molecule has 0 heterocycles. The monoisotopic (exact) mass is 330 g/mol. The molecule has 0 atom stereocenters. The Bertz CT molecular complexity index is 666. The molecule has 2 N–H and O–H groups in total. The van der Waals surface area contributed by atoms with Crippen LogP contribution >= 0.6 is 11.6 Å². The van der Waals surface area contributed by atoms with Crippen molar-refractivity contribution < 1.29 is 9.59 Å². The Hall–Kier alpha value is -2.33. The third-order valence-electron chi connectivity index (χ3n) is 3.37. The van der Waals surface area contributed by atoms with Crippen LogP contribution in [-0.2, 0) is 22.6 Å². The molecule has 0 radical (unpaired) electrons. The van der Waals surface area contributed by atoms with Crippen LogP contribution < -0.4 is 10.6 Å². The number of nitrogens with one attached hydrogen (secondary N) is 2. The van der Waals surface area contributed by atoms with Gasteiger partial charge in [0.05, 0.1) is 0 Å². The number of aryl methyl sites for hydroxylation is 1. The fraction of sp³-hybridized carbons (Fsp3) is 0.222. The van der Waals surface area contributed by atoms with Crippen molar-refractivity contribution in [2.75, 3.05) is 5.32 Å². The lowest BCUT2D eigenvalue weighted by molar-refractivity contribution is -0.126. The van der Waals surface area contributed by atoms with Crippen LogP contribution in [0.3, 0.4) is 0 Å². The summed E-state index contributed by atoms with van der Waals surface area (Å²) in [5.41, 5.74) is 2.82. The van der Waals surface area contributed by atoms with E-state index in [-0.39, 0.29) is 18.2 Å². The summed E-state index contributed by atoms with van der Waals surface area (Å²) >= 11 is 5.80. The van der Waals surface area contributed by atoms with Crippen LogP contribution in [0.1, 0.15) is 24.5 Å². The smallest absolute Gasteiger partial charge is 0.233 e. The van der Waals surface area contributed by atoms with Gasteiger partial charge in [-0.1, -0.05) is 42.8 Å². The highest BCUT2D eigenvalue weighted by atomic mass is 35.5. The number of anilines is 1. The number of benzene rings is 2. The Morgan fingerprint density at radius 1 is 0.913 bits per heavy atom. The summed E-state index contributed by atoms with van der Waals surface area (Å²) in [7, 11) is 0. The van der Waals surface area contributed by atoms with Crippen molar-refractivity contribution >= 4 is 29.1 Å². The van der Waals surface area contributed by atoms with Gasteiger partial charge in [-0.3, -0.25) is 9.59 Å². The van der Waals surface area contributed by atoms with Gasteiger partial charge >= 0.3 is 0 Å². The minimum absolute atomic E-state index is 0.205. The lowest BCUT2D eigenvalue weighted by Crippen LogP contribution is -2.27. The molecule has 23 heavy (non-hydrogen) atoms. The lowest BCUT2D eigenvalue weighted by atomic mass is 10.1. The summed E-state index contributed by atoms with van der Waals surface area (Å²) in [4.78, 5) is 23.6. The third-order valence-corrected chi connectivity index (χ3v) is 3.62. The van der Waals surface area contributed by atoms with E-state index in [9.17, 15) is 9.59 Å². The van der Waals surface area contributed by atoms with Crippen molar-refractivity contribution in [2.24, 2.45) is 0 Å². The normalized spacial score (nSPS) is 10.2. The van der Waals surface area contributed by atoms with E-state index >= 15 is 0 Å². The highest BCUT2D eigenvalue weighted by Gasteiger charge is 2.09. The molecule has 5 heteroatoms. The van der Waals surface area contributed by atoms with Crippen molar-refractivity contribution in [2.45, 2.75) is 26.3 Å². The summed E-state index contributed by atoms with van der Waals surface area (Å²) in [5, 5.41) is 6.07.